The highest BCUT2D eigenvalue weighted by molar-refractivity contribution is 5.78. The molecule has 2 aromatic rings. The predicted molar refractivity (Wildman–Crippen MR) is 432 cm³/mol. The van der Waals surface area contributed by atoms with Crippen molar-refractivity contribution in [2.24, 2.45) is 37.6 Å². The lowest BCUT2D eigenvalue weighted by Gasteiger charge is -2.51. The van der Waals surface area contributed by atoms with Gasteiger partial charge in [0.15, 0.2) is 61.6 Å². The summed E-state index contributed by atoms with van der Waals surface area (Å²) in [7, 11) is 0. The number of carbonyl (C=O) groups excluding carboxylic acids is 10. The van der Waals surface area contributed by atoms with Crippen molar-refractivity contribution in [2.75, 3.05) is 26.4 Å². The van der Waals surface area contributed by atoms with E-state index in [2.05, 4.69) is 16.9 Å². The molecule has 0 bridgehead atoms. The number of hydrogen-bond acceptors (Lipinski definition) is 29. The Balaban J connectivity index is 1.86. The Morgan fingerprint density at radius 3 is 1.12 bits per heavy atom. The lowest BCUT2D eigenvalue weighted by atomic mass is 9.92. The summed E-state index contributed by atoms with van der Waals surface area (Å²) in [5, 5.41) is 4.36. The van der Waals surface area contributed by atoms with Crippen molar-refractivity contribution in [3.05, 3.63) is 82.2 Å². The predicted octanol–water partition coefficient (Wildman–Crippen LogP) is 14.3. The quantitative estimate of drug-likeness (QED) is 0.0149. The fourth-order valence-corrected chi connectivity index (χ4v) is 12.7. The van der Waals surface area contributed by atoms with Gasteiger partial charge in [0.25, 0.3) is 0 Å². The van der Waals surface area contributed by atoms with Crippen LogP contribution in [0.1, 0.15) is 254 Å². The van der Waals surface area contributed by atoms with Crippen LogP contribution in [0.3, 0.4) is 0 Å². The second kappa shape index (κ2) is 47.0. The topological polar surface area (TPSA) is 386 Å². The van der Waals surface area contributed by atoms with Gasteiger partial charge in [0.2, 0.25) is 0 Å². The number of benzene rings is 2. The fourth-order valence-electron chi connectivity index (χ4n) is 12.7. The van der Waals surface area contributed by atoms with Gasteiger partial charge >= 0.3 is 59.7 Å². The third-order valence-corrected chi connectivity index (χ3v) is 19.4. The van der Waals surface area contributed by atoms with Gasteiger partial charge in [-0.15, -0.1) is 0 Å². The number of unbranched alkanes of at least 4 members (excludes halogenated alkanes) is 11. The van der Waals surface area contributed by atoms with E-state index in [1.807, 2.05) is 60.7 Å². The summed E-state index contributed by atoms with van der Waals surface area (Å²) < 4.78 is 117. The van der Waals surface area contributed by atoms with Gasteiger partial charge in [-0.25, -0.2) is 0 Å². The van der Waals surface area contributed by atoms with Crippen LogP contribution >= 0.6 is 0 Å². The molecule has 5 rings (SSSR count). The number of ether oxygens (including phenoxy) is 18. The van der Waals surface area contributed by atoms with Crippen molar-refractivity contribution < 1.29 is 133 Å². The van der Waals surface area contributed by atoms with E-state index in [4.69, 9.17) is 85.3 Å². The maximum absolute atomic E-state index is 15.2. The molecule has 0 aliphatic carbocycles. The number of rotatable bonds is 42. The van der Waals surface area contributed by atoms with E-state index in [9.17, 15) is 39.1 Å². The molecule has 0 saturated carbocycles. The van der Waals surface area contributed by atoms with Crippen LogP contribution in [0.2, 0.25) is 0 Å². The molecule has 0 aromatic heterocycles. The van der Waals surface area contributed by atoms with Crippen LogP contribution in [0.4, 0.5) is 0 Å². The summed E-state index contributed by atoms with van der Waals surface area (Å²) in [5.41, 5.74) is 4.24. The number of hydrogen-bond donors (Lipinski definition) is 0. The van der Waals surface area contributed by atoms with Gasteiger partial charge in [0, 0.05) is 32.6 Å². The average Bonchev–Trinajstić information content (AvgIpc) is 0.752. The summed E-state index contributed by atoms with van der Waals surface area (Å²) in [6.45, 7) is 31.1. The normalized spacial score (nSPS) is 24.4. The zero-order valence-corrected chi connectivity index (χ0v) is 74.4. The molecule has 0 unspecified atom stereocenters. The van der Waals surface area contributed by atoms with Crippen molar-refractivity contribution in [1.29, 1.82) is 0 Å². The second-order valence-electron chi connectivity index (χ2n) is 36.9. The first-order chi connectivity index (χ1) is 55.5. The number of azide groups is 1. The van der Waals surface area contributed by atoms with Gasteiger partial charge in [-0.3, -0.25) is 47.9 Å². The van der Waals surface area contributed by atoms with Crippen LogP contribution in [0.25, 0.3) is 10.4 Å². The Hall–Kier alpha value is -7.87. The lowest BCUT2D eigenvalue weighted by Crippen LogP contribution is -2.69. The van der Waals surface area contributed by atoms with E-state index >= 15 is 14.4 Å². The van der Waals surface area contributed by atoms with E-state index in [-0.39, 0.29) is 13.2 Å². The van der Waals surface area contributed by atoms with E-state index in [0.29, 0.717) is 12.8 Å². The first-order valence-electron chi connectivity index (χ1n) is 41.6. The van der Waals surface area contributed by atoms with Crippen molar-refractivity contribution >= 4 is 59.7 Å². The average molecular weight is 1680 g/mol. The Kier molecular flexibility index (Phi) is 40.1. The van der Waals surface area contributed by atoms with Crippen LogP contribution in [0.15, 0.2) is 65.8 Å². The van der Waals surface area contributed by atoms with Crippen LogP contribution < -0.4 is 0 Å². The molecule has 0 N–H and O–H groups in total. The molecule has 3 fully saturated rings. The zero-order chi connectivity index (χ0) is 89.0. The van der Waals surface area contributed by atoms with E-state index < -0.39 is 229 Å². The van der Waals surface area contributed by atoms with Crippen molar-refractivity contribution in [1.82, 2.24) is 0 Å². The molecule has 0 spiro atoms. The molecule has 18 atom stereocenters. The first kappa shape index (κ1) is 102. The Morgan fingerprint density at radius 1 is 0.378 bits per heavy atom. The fraction of sp³-hybridized carbons (Fsp3) is 0.750. The van der Waals surface area contributed by atoms with Crippen molar-refractivity contribution in [3.63, 3.8) is 0 Å². The molecule has 3 aliphatic heterocycles. The summed E-state index contributed by atoms with van der Waals surface area (Å²) in [4.78, 5) is 144. The number of carbonyl (C=O) groups is 10. The van der Waals surface area contributed by atoms with E-state index in [0.717, 1.165) is 70.9 Å². The minimum Gasteiger partial charge on any atom is -0.463 e. The van der Waals surface area contributed by atoms with Crippen LogP contribution in [0.5, 0.6) is 0 Å². The molecule has 119 heavy (non-hydrogen) atoms. The third-order valence-electron chi connectivity index (χ3n) is 19.4. The van der Waals surface area contributed by atoms with Crippen molar-refractivity contribution in [3.8, 4) is 0 Å². The SMILES string of the molecule is CCCCCCCCCCCCCC[C@@H](OCc1ccccc1)[C@@H](OCc1ccccc1)[C@H](CO[C@@H]1O[C@H](COC(=O)C(C)(C)C)[C@@H](O[C@@H]2O[C@H](COC(=O)C(C)(C)C)[C@H](OC(=O)C(C)(C)C)[C@H](O[C@H]3O[C@H](COC(C)=O)[C@H](OC(C)=O)[C@H](OC(C)=O)[C@H]3OC(C)=O)[C@H]2OC(=O)C(C)(C)C)[C@H](OC(=O)C(C)(C)C)[C@H]1OC(=O)C(C)(C)C)N=[N+]=[N-]. The maximum atomic E-state index is 15.2. The molecule has 0 radical (unpaired) electrons. The number of nitrogens with zero attached hydrogens (tertiary/aromatic N) is 3. The molecule has 0 amide bonds. The largest absolute Gasteiger partial charge is 0.463 e. The Labute approximate surface area is 702 Å². The number of esters is 10. The molecule has 2 aromatic carbocycles. The van der Waals surface area contributed by atoms with Crippen molar-refractivity contribution in [2.45, 2.75) is 366 Å². The first-order valence-corrected chi connectivity index (χ1v) is 41.6. The van der Waals surface area contributed by atoms with Gasteiger partial charge in [0.05, 0.1) is 70.6 Å². The van der Waals surface area contributed by atoms with Crippen LogP contribution in [-0.4, -0.2) is 196 Å². The summed E-state index contributed by atoms with van der Waals surface area (Å²) in [6.07, 6.45) is -17.9. The maximum Gasteiger partial charge on any atom is 0.311 e. The van der Waals surface area contributed by atoms with Gasteiger partial charge < -0.3 is 85.3 Å². The summed E-state index contributed by atoms with van der Waals surface area (Å²) in [5.74, 6) is -9.41. The molecular formula is C88H135N3O28. The molecule has 3 heterocycles. The minimum atomic E-state index is -2.25. The standard InChI is InChI=1S/C88H135N3O28/c1-24-25-26-27-28-29-30-31-32-33-34-41-46-60(103-47-57-42-37-35-38-43-57)64(104-48-58-44-39-36-40-45-58)59(90-91-89)49-105-74-71(118-81(100)87(18,19)20)70(117-80(99)86(15,16)17)66(62(111-74)51-106-77(96)83(6,7)8)114-76-73(119-82(101)88(21,22)23)69(67(116-79(98)85(12,13)14)63(113-76)52-107-78(97)84(9,10)11)115-75-72(110-56(5)95)68(109-55(4)94)65(108-54(3)93)61(112-75)50-102-53(2)92/h35-40,42-45,59-76H,24-34,41,46-52H2,1-23H3/t59-,60+,61+,62+,63+,64-,65-,66+,67-,68-,69-,70-,71+,72+,73+,74+,75+,76-/m0/s1. The zero-order valence-electron chi connectivity index (χ0n) is 74.4. The molecular weight excluding hydrogens is 1550 g/mol. The minimum absolute atomic E-state index is 0.00660. The molecule has 31 nitrogen and oxygen atoms in total. The molecule has 3 aliphatic rings. The highest BCUT2D eigenvalue weighted by Crippen LogP contribution is 2.42. The van der Waals surface area contributed by atoms with Crippen LogP contribution in [-0.2, 0) is 146 Å². The third kappa shape index (κ3) is 33.8. The molecule has 670 valence electrons. The summed E-state index contributed by atoms with van der Waals surface area (Å²) in [6, 6.07) is 17.5. The Morgan fingerprint density at radius 2 is 0.706 bits per heavy atom. The Bertz CT molecular complexity index is 3600. The van der Waals surface area contributed by atoms with E-state index in [1.165, 1.54) is 101 Å². The van der Waals surface area contributed by atoms with Gasteiger partial charge in [0.1, 0.15) is 50.3 Å². The van der Waals surface area contributed by atoms with Gasteiger partial charge in [-0.1, -0.05) is 150 Å². The van der Waals surface area contributed by atoms with Gasteiger partial charge in [-0.05, 0) is 148 Å². The van der Waals surface area contributed by atoms with E-state index in [1.54, 1.807) is 62.3 Å². The van der Waals surface area contributed by atoms with Crippen LogP contribution in [0, 0.1) is 32.5 Å². The molecule has 31 heteroatoms. The lowest BCUT2D eigenvalue weighted by molar-refractivity contribution is -0.382. The second-order valence-corrected chi connectivity index (χ2v) is 36.9. The monoisotopic (exact) mass is 1680 g/mol. The summed E-state index contributed by atoms with van der Waals surface area (Å²) >= 11 is 0. The highest BCUT2D eigenvalue weighted by atomic mass is 16.8. The van der Waals surface area contributed by atoms with Gasteiger partial charge in [-0.2, -0.15) is 0 Å². The highest BCUT2D eigenvalue weighted by Gasteiger charge is 2.62. The smallest absolute Gasteiger partial charge is 0.311 e. The molecule has 3 saturated heterocycles.